The van der Waals surface area contributed by atoms with Crippen LogP contribution in [0.4, 0.5) is 0 Å². The van der Waals surface area contributed by atoms with Gasteiger partial charge in [0.15, 0.2) is 11.5 Å². The summed E-state index contributed by atoms with van der Waals surface area (Å²) in [5, 5.41) is 6.40. The Balaban J connectivity index is 1.41. The molecule has 148 valence electrons. The van der Waals surface area contributed by atoms with Crippen molar-refractivity contribution in [1.82, 2.24) is 10.6 Å². The third-order valence-electron chi connectivity index (χ3n) is 5.33. The highest BCUT2D eigenvalue weighted by Gasteiger charge is 2.18. The summed E-state index contributed by atoms with van der Waals surface area (Å²) in [5.74, 6) is 2.45. The van der Waals surface area contributed by atoms with Crippen molar-refractivity contribution in [3.05, 3.63) is 53.1 Å². The third-order valence-corrected chi connectivity index (χ3v) is 5.33. The molecule has 2 aromatic carbocycles. The molecule has 1 atom stereocenters. The number of fused-ring (bicyclic) bond motifs is 1. The van der Waals surface area contributed by atoms with Crippen LogP contribution in [0.3, 0.4) is 0 Å². The van der Waals surface area contributed by atoms with Crippen molar-refractivity contribution in [2.75, 3.05) is 33.4 Å². The van der Waals surface area contributed by atoms with E-state index in [1.54, 1.807) is 7.11 Å². The molecule has 2 aromatic rings. The Morgan fingerprint density at radius 1 is 1.18 bits per heavy atom. The number of benzene rings is 2. The second-order valence-corrected chi connectivity index (χ2v) is 7.16. The van der Waals surface area contributed by atoms with Crippen molar-refractivity contribution in [3.63, 3.8) is 0 Å². The molecule has 6 heteroatoms. The summed E-state index contributed by atoms with van der Waals surface area (Å²) in [6.45, 7) is 3.51. The maximum atomic E-state index is 12.6. The van der Waals surface area contributed by atoms with Gasteiger partial charge in [-0.25, -0.2) is 0 Å². The number of nitrogens with one attached hydrogen (secondary N) is 2. The minimum atomic E-state index is -0.106. The lowest BCUT2D eigenvalue weighted by molar-refractivity contribution is 0.0950. The van der Waals surface area contributed by atoms with Gasteiger partial charge in [0.05, 0.1) is 7.11 Å². The molecule has 0 spiro atoms. The van der Waals surface area contributed by atoms with E-state index in [0.717, 1.165) is 18.7 Å². The average Bonchev–Trinajstić information content (AvgIpc) is 2.77. The Morgan fingerprint density at radius 2 is 1.93 bits per heavy atom. The molecule has 2 N–H and O–H groups in total. The highest BCUT2D eigenvalue weighted by Crippen LogP contribution is 2.36. The quantitative estimate of drug-likeness (QED) is 0.832. The molecule has 0 aliphatic carbocycles. The molecular formula is C22H26N2O4. The molecule has 2 aliphatic heterocycles. The van der Waals surface area contributed by atoms with Gasteiger partial charge in [0.25, 0.3) is 5.91 Å². The number of hydrogen-bond acceptors (Lipinski definition) is 5. The minimum absolute atomic E-state index is 0.106. The number of amides is 1. The highest BCUT2D eigenvalue weighted by molar-refractivity contribution is 5.94. The molecule has 0 radical (unpaired) electrons. The maximum Gasteiger partial charge on any atom is 0.251 e. The van der Waals surface area contributed by atoms with Gasteiger partial charge in [-0.1, -0.05) is 12.1 Å². The van der Waals surface area contributed by atoms with E-state index in [1.165, 1.54) is 18.4 Å². The Kier molecular flexibility index (Phi) is 5.67. The first-order valence-corrected chi connectivity index (χ1v) is 9.80. The minimum Gasteiger partial charge on any atom is -0.496 e. The van der Waals surface area contributed by atoms with Crippen molar-refractivity contribution in [2.45, 2.75) is 25.3 Å². The van der Waals surface area contributed by atoms with E-state index in [0.29, 0.717) is 48.5 Å². The molecule has 2 heterocycles. The predicted molar refractivity (Wildman–Crippen MR) is 106 cm³/mol. The van der Waals surface area contributed by atoms with Gasteiger partial charge in [0, 0.05) is 30.3 Å². The SMILES string of the molecule is COc1cc2c(cc1CNC(=O)c1ccc(C3CCCNC3)cc1)OCCO2. The molecule has 1 unspecified atom stereocenters. The van der Waals surface area contributed by atoms with Gasteiger partial charge in [-0.15, -0.1) is 0 Å². The van der Waals surface area contributed by atoms with E-state index in [9.17, 15) is 4.79 Å². The number of ether oxygens (including phenoxy) is 3. The van der Waals surface area contributed by atoms with Crippen LogP contribution in [-0.2, 0) is 6.54 Å². The zero-order valence-corrected chi connectivity index (χ0v) is 16.1. The summed E-state index contributed by atoms with van der Waals surface area (Å²) in [6.07, 6.45) is 2.40. The summed E-state index contributed by atoms with van der Waals surface area (Å²) in [7, 11) is 1.61. The fourth-order valence-electron chi connectivity index (χ4n) is 3.76. The summed E-state index contributed by atoms with van der Waals surface area (Å²) in [4.78, 5) is 12.6. The maximum absolute atomic E-state index is 12.6. The smallest absolute Gasteiger partial charge is 0.251 e. The monoisotopic (exact) mass is 382 g/mol. The summed E-state index contributed by atoms with van der Waals surface area (Å²) < 4.78 is 16.6. The van der Waals surface area contributed by atoms with Crippen LogP contribution in [0.25, 0.3) is 0 Å². The third kappa shape index (κ3) is 4.07. The van der Waals surface area contributed by atoms with E-state index >= 15 is 0 Å². The van der Waals surface area contributed by atoms with Crippen LogP contribution in [0.15, 0.2) is 36.4 Å². The Hall–Kier alpha value is -2.73. The van der Waals surface area contributed by atoms with Crippen LogP contribution in [0.2, 0.25) is 0 Å². The van der Waals surface area contributed by atoms with Crippen LogP contribution < -0.4 is 24.8 Å². The van der Waals surface area contributed by atoms with E-state index in [2.05, 4.69) is 22.8 Å². The largest absolute Gasteiger partial charge is 0.496 e. The number of carbonyl (C=O) groups excluding carboxylic acids is 1. The van der Waals surface area contributed by atoms with Gasteiger partial charge in [-0.3, -0.25) is 4.79 Å². The second-order valence-electron chi connectivity index (χ2n) is 7.16. The topological polar surface area (TPSA) is 68.8 Å². The van der Waals surface area contributed by atoms with E-state index in [-0.39, 0.29) is 5.91 Å². The molecule has 28 heavy (non-hydrogen) atoms. The summed E-state index contributed by atoms with van der Waals surface area (Å²) in [5.41, 5.74) is 2.80. The van der Waals surface area contributed by atoms with Gasteiger partial charge >= 0.3 is 0 Å². The molecule has 4 rings (SSSR count). The lowest BCUT2D eigenvalue weighted by Crippen LogP contribution is -2.28. The number of rotatable bonds is 5. The van der Waals surface area contributed by atoms with Crippen molar-refractivity contribution < 1.29 is 19.0 Å². The van der Waals surface area contributed by atoms with Crippen LogP contribution in [0.5, 0.6) is 17.2 Å². The van der Waals surface area contributed by atoms with E-state index in [1.807, 2.05) is 24.3 Å². The number of hydrogen-bond donors (Lipinski definition) is 2. The molecule has 2 aliphatic rings. The van der Waals surface area contributed by atoms with Crippen molar-refractivity contribution in [2.24, 2.45) is 0 Å². The van der Waals surface area contributed by atoms with Gasteiger partial charge in [-0.2, -0.15) is 0 Å². The lowest BCUT2D eigenvalue weighted by Gasteiger charge is -2.23. The normalized spacial score (nSPS) is 18.4. The first kappa shape index (κ1) is 18.6. The standard InChI is InChI=1S/C22H26N2O4/c1-26-19-12-21-20(27-9-10-28-21)11-18(19)14-24-22(25)16-6-4-15(5-7-16)17-3-2-8-23-13-17/h4-7,11-12,17,23H,2-3,8-10,13-14H2,1H3,(H,24,25). The number of carbonyl (C=O) groups is 1. The van der Waals surface area contributed by atoms with E-state index < -0.39 is 0 Å². The summed E-state index contributed by atoms with van der Waals surface area (Å²) >= 11 is 0. The van der Waals surface area contributed by atoms with Gasteiger partial charge in [0.1, 0.15) is 19.0 Å². The zero-order chi connectivity index (χ0) is 19.3. The Morgan fingerprint density at radius 3 is 2.61 bits per heavy atom. The number of methoxy groups -OCH3 is 1. The lowest BCUT2D eigenvalue weighted by atomic mass is 9.91. The Labute approximate surface area is 165 Å². The van der Waals surface area contributed by atoms with Crippen molar-refractivity contribution >= 4 is 5.91 Å². The molecule has 1 saturated heterocycles. The summed E-state index contributed by atoms with van der Waals surface area (Å²) in [6, 6.07) is 11.6. The fourth-order valence-corrected chi connectivity index (χ4v) is 3.76. The average molecular weight is 382 g/mol. The first-order chi connectivity index (χ1) is 13.7. The molecular weight excluding hydrogens is 356 g/mol. The Bertz CT molecular complexity index is 829. The van der Waals surface area contributed by atoms with Crippen LogP contribution >= 0.6 is 0 Å². The zero-order valence-electron chi connectivity index (χ0n) is 16.1. The molecule has 0 bridgehead atoms. The van der Waals surface area contributed by atoms with Crippen molar-refractivity contribution in [1.29, 1.82) is 0 Å². The molecule has 0 aromatic heterocycles. The van der Waals surface area contributed by atoms with Gasteiger partial charge in [0.2, 0.25) is 0 Å². The second kappa shape index (κ2) is 8.52. The molecule has 6 nitrogen and oxygen atoms in total. The first-order valence-electron chi connectivity index (χ1n) is 9.80. The predicted octanol–water partition coefficient (Wildman–Crippen LogP) is 2.86. The molecule has 1 amide bonds. The van der Waals surface area contributed by atoms with Crippen LogP contribution in [0.1, 0.15) is 40.2 Å². The number of piperidine rings is 1. The van der Waals surface area contributed by atoms with E-state index in [4.69, 9.17) is 14.2 Å². The van der Waals surface area contributed by atoms with Crippen LogP contribution in [-0.4, -0.2) is 39.3 Å². The molecule has 0 saturated carbocycles. The van der Waals surface area contributed by atoms with Gasteiger partial charge in [-0.05, 0) is 49.1 Å². The van der Waals surface area contributed by atoms with Crippen LogP contribution in [0, 0.1) is 0 Å². The highest BCUT2D eigenvalue weighted by atomic mass is 16.6. The fraction of sp³-hybridized carbons (Fsp3) is 0.409. The van der Waals surface area contributed by atoms with Crippen molar-refractivity contribution in [3.8, 4) is 17.2 Å². The van der Waals surface area contributed by atoms with Gasteiger partial charge < -0.3 is 24.8 Å². The molecule has 1 fully saturated rings.